The van der Waals surface area contributed by atoms with E-state index < -0.39 is 0 Å². The second kappa shape index (κ2) is 6.25. The third-order valence-electron chi connectivity index (χ3n) is 3.27. The predicted molar refractivity (Wildman–Crippen MR) is 90.9 cm³/mol. The van der Waals surface area contributed by atoms with Crippen molar-refractivity contribution in [1.29, 1.82) is 0 Å². The van der Waals surface area contributed by atoms with Gasteiger partial charge in [0, 0.05) is 22.7 Å². The lowest BCUT2D eigenvalue weighted by Crippen LogP contribution is -2.04. The van der Waals surface area contributed by atoms with Gasteiger partial charge in [-0.1, -0.05) is 40.2 Å². The fourth-order valence-corrected chi connectivity index (χ4v) is 3.99. The Balaban J connectivity index is 1.87. The second-order valence-corrected chi connectivity index (χ2v) is 7.03. The number of halogens is 2. The smallest absolute Gasteiger partial charge is 0.0945 e. The predicted octanol–water partition coefficient (Wildman–Crippen LogP) is 5.62. The van der Waals surface area contributed by atoms with Gasteiger partial charge in [-0.25, -0.2) is 4.98 Å². The van der Waals surface area contributed by atoms with Crippen LogP contribution in [0, 0.1) is 0 Å². The van der Waals surface area contributed by atoms with Crippen molar-refractivity contribution in [3.05, 3.63) is 63.6 Å². The maximum Gasteiger partial charge on any atom is 0.0945 e. The summed E-state index contributed by atoms with van der Waals surface area (Å²) in [5, 5.41) is 1.15. The van der Waals surface area contributed by atoms with E-state index in [9.17, 15) is 0 Å². The third-order valence-corrected chi connectivity index (χ3v) is 5.19. The molecule has 0 aliphatic rings. The van der Waals surface area contributed by atoms with Crippen LogP contribution in [0.4, 0.5) is 0 Å². The lowest BCUT2D eigenvalue weighted by Gasteiger charge is -2.12. The molecule has 0 aliphatic heterocycles. The van der Waals surface area contributed by atoms with E-state index in [4.69, 9.17) is 16.6 Å². The number of hydrogen-bond donors (Lipinski definition) is 0. The summed E-state index contributed by atoms with van der Waals surface area (Å²) in [6, 6.07) is 16.6. The fraction of sp³-hybridized carbons (Fsp3) is 0.188. The maximum atomic E-state index is 6.16. The molecule has 1 nitrogen and oxygen atoms in total. The van der Waals surface area contributed by atoms with E-state index in [0.29, 0.717) is 11.8 Å². The molecule has 3 rings (SSSR count). The number of alkyl halides is 1. The van der Waals surface area contributed by atoms with Crippen LogP contribution in [0.5, 0.6) is 0 Å². The van der Waals surface area contributed by atoms with Gasteiger partial charge in [0.15, 0.2) is 0 Å². The number of nitrogens with zero attached hydrogens (tertiary/aromatic N) is 1. The van der Waals surface area contributed by atoms with Gasteiger partial charge in [0.2, 0.25) is 0 Å². The van der Waals surface area contributed by atoms with Crippen molar-refractivity contribution < 1.29 is 0 Å². The number of thiazole rings is 1. The first-order valence-corrected chi connectivity index (χ1v) is 8.56. The van der Waals surface area contributed by atoms with Gasteiger partial charge in [-0.05, 0) is 29.8 Å². The van der Waals surface area contributed by atoms with Crippen LogP contribution in [0.2, 0.25) is 0 Å². The molecule has 1 aromatic heterocycles. The first-order chi connectivity index (χ1) is 9.76. The first-order valence-electron chi connectivity index (χ1n) is 6.42. The monoisotopic (exact) mass is 365 g/mol. The van der Waals surface area contributed by atoms with Crippen molar-refractivity contribution in [3.8, 4) is 0 Å². The van der Waals surface area contributed by atoms with Gasteiger partial charge in [0.25, 0.3) is 0 Å². The SMILES string of the molecule is ClCC(Cc1nc2ccccc2s1)c1cccc(Br)c1. The van der Waals surface area contributed by atoms with E-state index in [-0.39, 0.29) is 0 Å². The summed E-state index contributed by atoms with van der Waals surface area (Å²) in [4.78, 5) is 4.70. The van der Waals surface area contributed by atoms with E-state index in [0.717, 1.165) is 21.4 Å². The van der Waals surface area contributed by atoms with Crippen LogP contribution in [0.3, 0.4) is 0 Å². The zero-order valence-electron chi connectivity index (χ0n) is 10.7. The zero-order chi connectivity index (χ0) is 13.9. The van der Waals surface area contributed by atoms with Gasteiger partial charge >= 0.3 is 0 Å². The minimum absolute atomic E-state index is 0.301. The summed E-state index contributed by atoms with van der Waals surface area (Å²) < 4.78 is 2.33. The number of rotatable bonds is 4. The van der Waals surface area contributed by atoms with Crippen molar-refractivity contribution in [2.75, 3.05) is 5.88 Å². The van der Waals surface area contributed by atoms with E-state index in [1.807, 2.05) is 12.1 Å². The van der Waals surface area contributed by atoms with Gasteiger partial charge in [-0.15, -0.1) is 22.9 Å². The molecule has 4 heteroatoms. The van der Waals surface area contributed by atoms with E-state index in [1.165, 1.54) is 10.3 Å². The van der Waals surface area contributed by atoms with Gasteiger partial charge in [0.05, 0.1) is 15.2 Å². The highest BCUT2D eigenvalue weighted by molar-refractivity contribution is 9.10. The van der Waals surface area contributed by atoms with Crippen LogP contribution in [0.25, 0.3) is 10.2 Å². The molecule has 0 spiro atoms. The second-order valence-electron chi connectivity index (χ2n) is 4.69. The molecule has 0 saturated carbocycles. The molecule has 1 unspecified atom stereocenters. The normalized spacial score (nSPS) is 12.7. The third kappa shape index (κ3) is 3.05. The average molecular weight is 367 g/mol. The summed E-state index contributed by atoms with van der Waals surface area (Å²) in [5.41, 5.74) is 2.34. The Kier molecular flexibility index (Phi) is 4.39. The van der Waals surface area contributed by atoms with Crippen molar-refractivity contribution in [2.24, 2.45) is 0 Å². The van der Waals surface area contributed by atoms with E-state index in [1.54, 1.807) is 11.3 Å². The van der Waals surface area contributed by atoms with Crippen LogP contribution in [0.15, 0.2) is 53.0 Å². The van der Waals surface area contributed by atoms with Crippen LogP contribution in [0.1, 0.15) is 16.5 Å². The minimum Gasteiger partial charge on any atom is -0.241 e. The Morgan fingerprint density at radius 3 is 2.75 bits per heavy atom. The van der Waals surface area contributed by atoms with Crippen molar-refractivity contribution in [1.82, 2.24) is 4.98 Å². The van der Waals surface area contributed by atoms with Crippen LogP contribution >= 0.6 is 38.9 Å². The van der Waals surface area contributed by atoms with Gasteiger partial charge in [0.1, 0.15) is 0 Å². The minimum atomic E-state index is 0.301. The molecule has 102 valence electrons. The Hall–Kier alpha value is -0.900. The van der Waals surface area contributed by atoms with Crippen LogP contribution < -0.4 is 0 Å². The van der Waals surface area contributed by atoms with Crippen LogP contribution in [-0.2, 0) is 6.42 Å². The fourth-order valence-electron chi connectivity index (χ4n) is 2.24. The maximum absolute atomic E-state index is 6.16. The molecule has 0 amide bonds. The topological polar surface area (TPSA) is 12.9 Å². The van der Waals surface area contributed by atoms with Gasteiger partial charge in [-0.2, -0.15) is 0 Å². The van der Waals surface area contributed by atoms with Crippen molar-refractivity contribution in [2.45, 2.75) is 12.3 Å². The summed E-state index contributed by atoms with van der Waals surface area (Å²) in [5.74, 6) is 0.904. The molecule has 1 heterocycles. The average Bonchev–Trinajstić information content (AvgIpc) is 2.87. The zero-order valence-corrected chi connectivity index (χ0v) is 13.9. The number of hydrogen-bond acceptors (Lipinski definition) is 2. The van der Waals surface area contributed by atoms with Gasteiger partial charge < -0.3 is 0 Å². The van der Waals surface area contributed by atoms with Crippen molar-refractivity contribution >= 4 is 49.1 Å². The number of fused-ring (bicyclic) bond motifs is 1. The summed E-state index contributed by atoms with van der Waals surface area (Å²) in [7, 11) is 0. The molecule has 0 saturated heterocycles. The molecule has 1 atom stereocenters. The molecular formula is C16H13BrClNS. The molecular weight excluding hydrogens is 354 g/mol. The number of para-hydroxylation sites is 1. The van der Waals surface area contributed by atoms with E-state index in [2.05, 4.69) is 52.3 Å². The largest absolute Gasteiger partial charge is 0.241 e. The molecule has 3 aromatic rings. The molecule has 0 aliphatic carbocycles. The quantitative estimate of drug-likeness (QED) is 0.546. The van der Waals surface area contributed by atoms with Crippen molar-refractivity contribution in [3.63, 3.8) is 0 Å². The molecule has 2 aromatic carbocycles. The molecule has 20 heavy (non-hydrogen) atoms. The standard InChI is InChI=1S/C16H13BrClNS/c17-13-5-3-4-11(8-13)12(10-18)9-16-19-14-6-1-2-7-15(14)20-16/h1-8,12H,9-10H2. The van der Waals surface area contributed by atoms with E-state index >= 15 is 0 Å². The Morgan fingerprint density at radius 1 is 1.15 bits per heavy atom. The first kappa shape index (κ1) is 14.1. The van der Waals surface area contributed by atoms with Crippen LogP contribution in [-0.4, -0.2) is 10.9 Å². The summed E-state index contributed by atoms with van der Waals surface area (Å²) in [6.45, 7) is 0. The molecule has 0 radical (unpaired) electrons. The highest BCUT2D eigenvalue weighted by atomic mass is 79.9. The summed E-state index contributed by atoms with van der Waals surface area (Å²) >= 11 is 11.4. The Labute approximate surface area is 135 Å². The highest BCUT2D eigenvalue weighted by Crippen LogP contribution is 2.29. The lowest BCUT2D eigenvalue weighted by atomic mass is 9.98. The Morgan fingerprint density at radius 2 is 2.00 bits per heavy atom. The lowest BCUT2D eigenvalue weighted by molar-refractivity contribution is 0.762. The Bertz CT molecular complexity index is 692. The number of benzene rings is 2. The molecule has 0 bridgehead atoms. The molecule has 0 N–H and O–H groups in total. The summed E-state index contributed by atoms with van der Waals surface area (Å²) in [6.07, 6.45) is 0.888. The van der Waals surface area contributed by atoms with Gasteiger partial charge in [-0.3, -0.25) is 0 Å². The molecule has 0 fully saturated rings. The highest BCUT2D eigenvalue weighted by Gasteiger charge is 2.14. The number of aromatic nitrogens is 1.